The minimum atomic E-state index is -0.0982. The van der Waals surface area contributed by atoms with Gasteiger partial charge in [0.05, 0.1) is 18.4 Å². The zero-order chi connectivity index (χ0) is 13.0. The fourth-order valence-corrected chi connectivity index (χ4v) is 1.36. The third-order valence-corrected chi connectivity index (χ3v) is 3.01. The summed E-state index contributed by atoms with van der Waals surface area (Å²) in [4.78, 5) is 13.8. The van der Waals surface area contributed by atoms with Crippen LogP contribution in [0.15, 0.2) is 17.1 Å². The highest BCUT2D eigenvalue weighted by Crippen LogP contribution is 2.06. The van der Waals surface area contributed by atoms with E-state index in [4.69, 9.17) is 5.73 Å². The SMILES string of the molecule is CCN(C)c1cnn(CC(N)C(C)C)c(=O)c1. The quantitative estimate of drug-likeness (QED) is 0.819. The summed E-state index contributed by atoms with van der Waals surface area (Å²) in [6.45, 7) is 7.41. The van der Waals surface area contributed by atoms with Crippen LogP contribution in [0.2, 0.25) is 0 Å². The van der Waals surface area contributed by atoms with Gasteiger partial charge in [-0.1, -0.05) is 13.8 Å². The Labute approximate surface area is 102 Å². The molecule has 0 saturated heterocycles. The summed E-state index contributed by atoms with van der Waals surface area (Å²) in [5.41, 5.74) is 6.67. The van der Waals surface area contributed by atoms with Gasteiger partial charge in [-0.15, -0.1) is 0 Å². The van der Waals surface area contributed by atoms with Crippen LogP contribution in [0.4, 0.5) is 5.69 Å². The Morgan fingerprint density at radius 3 is 2.65 bits per heavy atom. The van der Waals surface area contributed by atoms with Gasteiger partial charge in [0.1, 0.15) is 0 Å². The lowest BCUT2D eigenvalue weighted by molar-refractivity contribution is 0.403. The lowest BCUT2D eigenvalue weighted by atomic mass is 10.1. The first-order valence-electron chi connectivity index (χ1n) is 5.99. The summed E-state index contributed by atoms with van der Waals surface area (Å²) in [6, 6.07) is 1.55. The van der Waals surface area contributed by atoms with E-state index in [0.717, 1.165) is 12.2 Å². The Kier molecular flexibility index (Phi) is 4.69. The van der Waals surface area contributed by atoms with E-state index >= 15 is 0 Å². The number of hydrogen-bond acceptors (Lipinski definition) is 4. The van der Waals surface area contributed by atoms with Gasteiger partial charge in [0.25, 0.3) is 5.56 Å². The number of nitrogens with zero attached hydrogens (tertiary/aromatic N) is 3. The molecule has 96 valence electrons. The van der Waals surface area contributed by atoms with E-state index in [0.29, 0.717) is 12.5 Å². The maximum Gasteiger partial charge on any atom is 0.268 e. The van der Waals surface area contributed by atoms with Gasteiger partial charge in [-0.05, 0) is 12.8 Å². The molecule has 0 radical (unpaired) electrons. The largest absolute Gasteiger partial charge is 0.373 e. The van der Waals surface area contributed by atoms with Crippen LogP contribution in [0.3, 0.4) is 0 Å². The van der Waals surface area contributed by atoms with E-state index in [1.54, 1.807) is 12.3 Å². The van der Waals surface area contributed by atoms with Crippen molar-refractivity contribution in [2.45, 2.75) is 33.4 Å². The van der Waals surface area contributed by atoms with Gasteiger partial charge in [0.15, 0.2) is 0 Å². The Bertz CT molecular complexity index is 413. The van der Waals surface area contributed by atoms with Gasteiger partial charge in [-0.2, -0.15) is 5.10 Å². The molecule has 1 unspecified atom stereocenters. The first kappa shape index (κ1) is 13.7. The molecule has 0 aliphatic carbocycles. The number of rotatable bonds is 5. The second-order valence-electron chi connectivity index (χ2n) is 4.66. The molecule has 0 bridgehead atoms. The summed E-state index contributed by atoms with van der Waals surface area (Å²) < 4.78 is 1.43. The fraction of sp³-hybridized carbons (Fsp3) is 0.667. The van der Waals surface area contributed by atoms with Gasteiger partial charge in [0.2, 0.25) is 0 Å². The Hall–Kier alpha value is -1.36. The van der Waals surface area contributed by atoms with E-state index in [-0.39, 0.29) is 11.6 Å². The summed E-state index contributed by atoms with van der Waals surface area (Å²) in [5, 5.41) is 4.15. The number of aromatic nitrogens is 2. The van der Waals surface area contributed by atoms with E-state index in [9.17, 15) is 4.79 Å². The van der Waals surface area contributed by atoms with Crippen molar-refractivity contribution in [1.82, 2.24) is 9.78 Å². The van der Waals surface area contributed by atoms with Crippen LogP contribution >= 0.6 is 0 Å². The Balaban J connectivity index is 2.87. The molecule has 0 amide bonds. The predicted molar refractivity (Wildman–Crippen MR) is 70.3 cm³/mol. The third kappa shape index (κ3) is 3.56. The van der Waals surface area contributed by atoms with Crippen molar-refractivity contribution < 1.29 is 0 Å². The van der Waals surface area contributed by atoms with Crippen molar-refractivity contribution in [2.24, 2.45) is 11.7 Å². The molecule has 1 heterocycles. The molecule has 1 atom stereocenters. The second-order valence-corrected chi connectivity index (χ2v) is 4.66. The van der Waals surface area contributed by atoms with Crippen molar-refractivity contribution in [2.75, 3.05) is 18.5 Å². The van der Waals surface area contributed by atoms with E-state index in [1.807, 2.05) is 32.7 Å². The topological polar surface area (TPSA) is 64.2 Å². The molecule has 0 aliphatic heterocycles. The monoisotopic (exact) mass is 238 g/mol. The summed E-state index contributed by atoms with van der Waals surface area (Å²) >= 11 is 0. The smallest absolute Gasteiger partial charge is 0.268 e. The normalized spacial score (nSPS) is 12.8. The Morgan fingerprint density at radius 2 is 2.18 bits per heavy atom. The number of nitrogens with two attached hydrogens (primary N) is 1. The molecule has 1 aromatic rings. The molecule has 0 aromatic carbocycles. The van der Waals surface area contributed by atoms with Crippen molar-refractivity contribution in [3.05, 3.63) is 22.6 Å². The molecule has 2 N–H and O–H groups in total. The third-order valence-electron chi connectivity index (χ3n) is 3.01. The highest BCUT2D eigenvalue weighted by Gasteiger charge is 2.10. The van der Waals surface area contributed by atoms with Crippen molar-refractivity contribution in [3.8, 4) is 0 Å². The number of hydrogen-bond donors (Lipinski definition) is 1. The molecule has 1 rings (SSSR count). The van der Waals surface area contributed by atoms with Gasteiger partial charge in [-0.25, -0.2) is 4.68 Å². The first-order chi connectivity index (χ1) is 7.95. The van der Waals surface area contributed by atoms with Crippen LogP contribution in [0.25, 0.3) is 0 Å². The molecule has 1 aromatic heterocycles. The molecular weight excluding hydrogens is 216 g/mol. The summed E-state index contributed by atoms with van der Waals surface area (Å²) in [5.74, 6) is 0.335. The molecule has 0 aliphatic rings. The molecule has 0 spiro atoms. The average Bonchev–Trinajstić information content (AvgIpc) is 2.30. The lowest BCUT2D eigenvalue weighted by Gasteiger charge is -2.18. The lowest BCUT2D eigenvalue weighted by Crippen LogP contribution is -2.37. The van der Waals surface area contributed by atoms with Crippen LogP contribution in [-0.2, 0) is 6.54 Å². The van der Waals surface area contributed by atoms with Gasteiger partial charge >= 0.3 is 0 Å². The maximum absolute atomic E-state index is 11.8. The molecular formula is C12H22N4O. The summed E-state index contributed by atoms with van der Waals surface area (Å²) in [6.07, 6.45) is 1.71. The molecule has 5 heteroatoms. The highest BCUT2D eigenvalue weighted by atomic mass is 16.1. The summed E-state index contributed by atoms with van der Waals surface area (Å²) in [7, 11) is 1.93. The number of anilines is 1. The molecule has 0 saturated carbocycles. The van der Waals surface area contributed by atoms with Crippen LogP contribution in [0.5, 0.6) is 0 Å². The van der Waals surface area contributed by atoms with Crippen LogP contribution < -0.4 is 16.2 Å². The minimum absolute atomic E-state index is 0.0463. The van der Waals surface area contributed by atoms with Crippen molar-refractivity contribution >= 4 is 5.69 Å². The predicted octanol–water partition coefficient (Wildman–Crippen LogP) is 0.683. The molecule has 17 heavy (non-hydrogen) atoms. The van der Waals surface area contributed by atoms with E-state index in [2.05, 4.69) is 5.10 Å². The zero-order valence-corrected chi connectivity index (χ0v) is 11.1. The van der Waals surface area contributed by atoms with Gasteiger partial charge < -0.3 is 10.6 Å². The maximum atomic E-state index is 11.8. The minimum Gasteiger partial charge on any atom is -0.373 e. The highest BCUT2D eigenvalue weighted by molar-refractivity contribution is 5.41. The van der Waals surface area contributed by atoms with E-state index < -0.39 is 0 Å². The van der Waals surface area contributed by atoms with Crippen LogP contribution in [0, 0.1) is 5.92 Å². The Morgan fingerprint density at radius 1 is 1.53 bits per heavy atom. The second kappa shape index (κ2) is 5.82. The van der Waals surface area contributed by atoms with Crippen LogP contribution in [0.1, 0.15) is 20.8 Å². The first-order valence-corrected chi connectivity index (χ1v) is 5.99. The molecule has 0 fully saturated rings. The standard InChI is InChI=1S/C12H22N4O/c1-5-15(4)10-6-12(17)16(14-7-10)8-11(13)9(2)3/h6-7,9,11H,5,8,13H2,1-4H3. The van der Waals surface area contributed by atoms with Crippen molar-refractivity contribution in [3.63, 3.8) is 0 Å². The average molecular weight is 238 g/mol. The zero-order valence-electron chi connectivity index (χ0n) is 11.1. The van der Waals surface area contributed by atoms with Gasteiger partial charge in [-0.3, -0.25) is 4.79 Å². The van der Waals surface area contributed by atoms with E-state index in [1.165, 1.54) is 4.68 Å². The van der Waals surface area contributed by atoms with Gasteiger partial charge in [0, 0.05) is 25.7 Å². The molecule has 5 nitrogen and oxygen atoms in total. The van der Waals surface area contributed by atoms with Crippen molar-refractivity contribution in [1.29, 1.82) is 0 Å². The fourth-order valence-electron chi connectivity index (χ4n) is 1.36. The van der Waals surface area contributed by atoms with Crippen LogP contribution in [-0.4, -0.2) is 29.4 Å².